The number of aromatic hydroxyl groups is 1. The molecule has 2 rings (SSSR count). The third-order valence-electron chi connectivity index (χ3n) is 2.86. The number of hydrogen-bond donors (Lipinski definition) is 3. The summed E-state index contributed by atoms with van der Waals surface area (Å²) in [5.41, 5.74) is 1.79. The Morgan fingerprint density at radius 2 is 2.00 bits per heavy atom. The number of phenols is 1. The number of rotatable bonds is 1. The molecule has 0 saturated heterocycles. The van der Waals surface area contributed by atoms with E-state index in [2.05, 4.69) is 17.3 Å². The molecule has 0 aliphatic carbocycles. The van der Waals surface area contributed by atoms with Crippen molar-refractivity contribution in [1.82, 2.24) is 5.01 Å². The summed E-state index contributed by atoms with van der Waals surface area (Å²) in [5.74, 6) is -0.249. The summed E-state index contributed by atoms with van der Waals surface area (Å²) in [6.45, 7) is 0. The van der Waals surface area contributed by atoms with Crippen LogP contribution in [0.5, 0.6) is 5.75 Å². The van der Waals surface area contributed by atoms with Gasteiger partial charge in [-0.3, -0.25) is 0 Å². The highest BCUT2D eigenvalue weighted by molar-refractivity contribution is 7.80. The molecule has 1 aliphatic rings. The smallest absolute Gasteiger partial charge is 0.438 e. The van der Waals surface area contributed by atoms with E-state index in [4.69, 9.17) is 5.73 Å². The van der Waals surface area contributed by atoms with Gasteiger partial charge in [-0.05, 0) is 24.4 Å². The molecule has 20 heavy (non-hydrogen) atoms. The number of alkyl halides is 3. The number of thiocarbonyl (C=S) groups is 1. The van der Waals surface area contributed by atoms with Gasteiger partial charge >= 0.3 is 6.18 Å². The van der Waals surface area contributed by atoms with Gasteiger partial charge in [0.1, 0.15) is 5.75 Å². The molecule has 0 amide bonds. The second-order valence-corrected chi connectivity index (χ2v) is 4.62. The van der Waals surface area contributed by atoms with E-state index >= 15 is 0 Å². The minimum atomic E-state index is -5.01. The molecular formula is C11H10F3N3O2S. The van der Waals surface area contributed by atoms with Crippen LogP contribution in [0.2, 0.25) is 0 Å². The molecule has 1 aromatic rings. The first-order valence-electron chi connectivity index (χ1n) is 5.41. The highest BCUT2D eigenvalue weighted by Gasteiger charge is 2.62. The Morgan fingerprint density at radius 3 is 2.45 bits per heavy atom. The van der Waals surface area contributed by atoms with Crippen LogP contribution in [0, 0.1) is 0 Å². The van der Waals surface area contributed by atoms with Crippen molar-refractivity contribution in [3.63, 3.8) is 0 Å². The van der Waals surface area contributed by atoms with Crippen LogP contribution in [0.1, 0.15) is 12.0 Å². The largest absolute Gasteiger partial charge is 0.507 e. The Hall–Kier alpha value is -1.87. The van der Waals surface area contributed by atoms with Crippen molar-refractivity contribution in [2.75, 3.05) is 0 Å². The zero-order chi connectivity index (χ0) is 15.1. The summed E-state index contributed by atoms with van der Waals surface area (Å²) < 4.78 is 39.0. The van der Waals surface area contributed by atoms with Crippen molar-refractivity contribution >= 4 is 23.0 Å². The van der Waals surface area contributed by atoms with Crippen molar-refractivity contribution in [1.29, 1.82) is 0 Å². The van der Waals surface area contributed by atoms with Gasteiger partial charge in [-0.15, -0.1) is 0 Å². The summed E-state index contributed by atoms with van der Waals surface area (Å²) >= 11 is 4.48. The van der Waals surface area contributed by atoms with E-state index in [1.807, 2.05) is 0 Å². The fraction of sp³-hybridized carbons (Fsp3) is 0.273. The molecule has 1 atom stereocenters. The number of hydrazone groups is 1. The summed E-state index contributed by atoms with van der Waals surface area (Å²) in [6, 6.07) is 5.71. The lowest BCUT2D eigenvalue weighted by Gasteiger charge is -2.32. The van der Waals surface area contributed by atoms with Crippen LogP contribution in [-0.2, 0) is 0 Å². The normalized spacial score (nSPS) is 22.8. The predicted octanol–water partition coefficient (Wildman–Crippen LogP) is 1.30. The molecule has 1 heterocycles. The van der Waals surface area contributed by atoms with Gasteiger partial charge in [0.25, 0.3) is 5.72 Å². The summed E-state index contributed by atoms with van der Waals surface area (Å²) in [6.07, 6.45) is -5.89. The van der Waals surface area contributed by atoms with E-state index < -0.39 is 23.4 Å². The van der Waals surface area contributed by atoms with Crippen molar-refractivity contribution in [2.24, 2.45) is 10.8 Å². The Morgan fingerprint density at radius 1 is 1.40 bits per heavy atom. The average molecular weight is 305 g/mol. The second-order valence-electron chi connectivity index (χ2n) is 4.21. The van der Waals surface area contributed by atoms with Gasteiger partial charge in [-0.1, -0.05) is 12.1 Å². The summed E-state index contributed by atoms with van der Waals surface area (Å²) in [5, 5.41) is 22.5. The zero-order valence-corrected chi connectivity index (χ0v) is 10.7. The monoisotopic (exact) mass is 305 g/mol. The molecular weight excluding hydrogens is 295 g/mol. The Kier molecular flexibility index (Phi) is 3.34. The molecule has 0 bridgehead atoms. The fourth-order valence-electron chi connectivity index (χ4n) is 1.87. The van der Waals surface area contributed by atoms with E-state index in [1.165, 1.54) is 24.3 Å². The first-order valence-corrected chi connectivity index (χ1v) is 5.82. The van der Waals surface area contributed by atoms with Crippen LogP contribution < -0.4 is 5.73 Å². The molecule has 108 valence electrons. The summed E-state index contributed by atoms with van der Waals surface area (Å²) in [4.78, 5) is 0. The van der Waals surface area contributed by atoms with Gasteiger partial charge in [0.05, 0.1) is 12.1 Å². The third-order valence-corrected chi connectivity index (χ3v) is 3.04. The van der Waals surface area contributed by atoms with Gasteiger partial charge in [0.2, 0.25) is 0 Å². The van der Waals surface area contributed by atoms with Crippen LogP contribution in [0.15, 0.2) is 29.4 Å². The van der Waals surface area contributed by atoms with Crippen molar-refractivity contribution in [3.05, 3.63) is 29.8 Å². The quantitative estimate of drug-likeness (QED) is 0.681. The van der Waals surface area contributed by atoms with Gasteiger partial charge in [-0.2, -0.15) is 23.3 Å². The Labute approximate surface area is 117 Å². The highest BCUT2D eigenvalue weighted by Crippen LogP contribution is 2.41. The second kappa shape index (κ2) is 4.60. The minimum Gasteiger partial charge on any atom is -0.507 e. The van der Waals surface area contributed by atoms with Gasteiger partial charge < -0.3 is 15.9 Å². The molecule has 1 unspecified atom stereocenters. The lowest BCUT2D eigenvalue weighted by atomic mass is 10.0. The fourth-order valence-corrected chi connectivity index (χ4v) is 2.06. The predicted molar refractivity (Wildman–Crippen MR) is 68.9 cm³/mol. The van der Waals surface area contributed by atoms with Crippen molar-refractivity contribution < 1.29 is 23.4 Å². The molecule has 0 aromatic heterocycles. The van der Waals surface area contributed by atoms with E-state index in [0.717, 1.165) is 0 Å². The molecule has 0 saturated carbocycles. The van der Waals surface area contributed by atoms with Crippen LogP contribution in [0.3, 0.4) is 0 Å². The van der Waals surface area contributed by atoms with Gasteiger partial charge in [0, 0.05) is 5.56 Å². The number of phenolic OH excluding ortho intramolecular Hbond substituents is 1. The number of benzene rings is 1. The maximum atomic E-state index is 13.0. The van der Waals surface area contributed by atoms with E-state index in [1.54, 1.807) is 0 Å². The van der Waals surface area contributed by atoms with Crippen molar-refractivity contribution in [3.8, 4) is 5.75 Å². The molecule has 1 aliphatic heterocycles. The molecule has 0 fully saturated rings. The molecule has 9 heteroatoms. The standard InChI is InChI=1S/C11H10F3N3O2S/c12-11(13,14)10(19)5-7(16-17(10)9(15)20)6-3-1-2-4-8(6)18/h1-4,18-19H,5H2,(H2,15,20). The summed E-state index contributed by atoms with van der Waals surface area (Å²) in [7, 11) is 0. The Bertz CT molecular complexity index is 591. The minimum absolute atomic E-state index is 0.0777. The third kappa shape index (κ3) is 2.18. The molecule has 0 spiro atoms. The maximum absolute atomic E-state index is 13.0. The zero-order valence-electron chi connectivity index (χ0n) is 9.92. The number of halogens is 3. The number of para-hydroxylation sites is 1. The highest BCUT2D eigenvalue weighted by atomic mass is 32.1. The topological polar surface area (TPSA) is 82.1 Å². The average Bonchev–Trinajstić information content (AvgIpc) is 2.68. The van der Waals surface area contributed by atoms with Crippen LogP contribution >= 0.6 is 12.2 Å². The lowest BCUT2D eigenvalue weighted by molar-refractivity contribution is -0.294. The SMILES string of the molecule is NC(=S)N1N=C(c2ccccc2O)CC1(O)C(F)(F)F. The van der Waals surface area contributed by atoms with Crippen LogP contribution in [0.4, 0.5) is 13.2 Å². The van der Waals surface area contributed by atoms with Crippen molar-refractivity contribution in [2.45, 2.75) is 18.3 Å². The first kappa shape index (κ1) is 14.5. The molecule has 0 radical (unpaired) electrons. The number of nitrogens with zero attached hydrogens (tertiary/aromatic N) is 2. The van der Waals surface area contributed by atoms with E-state index in [0.29, 0.717) is 0 Å². The number of aliphatic hydroxyl groups is 1. The Balaban J connectivity index is 2.48. The molecule has 5 nitrogen and oxygen atoms in total. The maximum Gasteiger partial charge on any atom is 0.438 e. The molecule has 4 N–H and O–H groups in total. The van der Waals surface area contributed by atoms with Gasteiger partial charge in [0.15, 0.2) is 5.11 Å². The lowest BCUT2D eigenvalue weighted by Crippen LogP contribution is -2.57. The van der Waals surface area contributed by atoms with E-state index in [-0.39, 0.29) is 22.0 Å². The van der Waals surface area contributed by atoms with Gasteiger partial charge in [-0.25, -0.2) is 0 Å². The van der Waals surface area contributed by atoms with Crippen LogP contribution in [0.25, 0.3) is 0 Å². The molecule has 1 aromatic carbocycles. The van der Waals surface area contributed by atoms with E-state index in [9.17, 15) is 23.4 Å². The van der Waals surface area contributed by atoms with Crippen LogP contribution in [-0.4, -0.2) is 37.9 Å². The number of nitrogens with two attached hydrogens (primary N) is 1. The number of hydrogen-bond acceptors (Lipinski definition) is 4. The first-order chi connectivity index (χ1) is 9.17.